The van der Waals surface area contributed by atoms with E-state index in [9.17, 15) is 14.4 Å². The highest BCUT2D eigenvalue weighted by Crippen LogP contribution is 2.28. The summed E-state index contributed by atoms with van der Waals surface area (Å²) in [4.78, 5) is 45.0. The molecule has 0 radical (unpaired) electrons. The highest BCUT2D eigenvalue weighted by atomic mass is 16.5. The fraction of sp³-hybridized carbons (Fsp3) is 0.893. The number of nitrogens with zero attached hydrogens (tertiary/aromatic N) is 3. The second-order valence-electron chi connectivity index (χ2n) is 11.5. The minimum atomic E-state index is -0.460. The summed E-state index contributed by atoms with van der Waals surface area (Å²) in [7, 11) is 8.78. The molecule has 3 amide bonds. The lowest BCUT2D eigenvalue weighted by atomic mass is 9.90. The predicted molar refractivity (Wildman–Crippen MR) is 147 cm³/mol. The summed E-state index contributed by atoms with van der Waals surface area (Å²) in [6, 6.07) is -0.567. The number of likely N-dealkylation sites (tertiary alicyclic amines) is 1. The Morgan fingerprint density at radius 2 is 1.62 bits per heavy atom. The Kier molecular flexibility index (Phi) is 14.1. The topological polar surface area (TPSA) is 91.4 Å². The number of carbonyl (C=O) groups is 3. The molecule has 9 heteroatoms. The SMILES string of the molecule is CCC(C)C(C(CC(=O)N1CCCC1C(OC)C(C)C)OC)N(C)C(=O)CNC(=O)C(C(C)C)N(C)C. The average Bonchev–Trinajstić information content (AvgIpc) is 3.30. The normalized spacial score (nSPS) is 20.2. The fourth-order valence-corrected chi connectivity index (χ4v) is 5.88. The largest absolute Gasteiger partial charge is 0.379 e. The molecule has 0 saturated carbocycles. The molecule has 1 aliphatic rings. The molecule has 9 nitrogen and oxygen atoms in total. The highest BCUT2D eigenvalue weighted by molar-refractivity contribution is 5.87. The van der Waals surface area contributed by atoms with Gasteiger partial charge in [-0.25, -0.2) is 0 Å². The van der Waals surface area contributed by atoms with Crippen molar-refractivity contribution in [1.82, 2.24) is 20.0 Å². The Morgan fingerprint density at radius 3 is 2.08 bits per heavy atom. The summed E-state index contributed by atoms with van der Waals surface area (Å²) >= 11 is 0. The van der Waals surface area contributed by atoms with Crippen molar-refractivity contribution in [1.29, 1.82) is 0 Å². The van der Waals surface area contributed by atoms with Crippen LogP contribution in [0.25, 0.3) is 0 Å². The molecular formula is C28H54N4O5. The zero-order valence-corrected chi connectivity index (χ0v) is 25.2. The number of methoxy groups -OCH3 is 2. The highest BCUT2D eigenvalue weighted by Gasteiger charge is 2.40. The Hall–Kier alpha value is -1.71. The van der Waals surface area contributed by atoms with Crippen LogP contribution in [0.15, 0.2) is 0 Å². The van der Waals surface area contributed by atoms with Crippen LogP contribution in [0.1, 0.15) is 67.2 Å². The van der Waals surface area contributed by atoms with Crippen molar-refractivity contribution in [3.05, 3.63) is 0 Å². The summed E-state index contributed by atoms with van der Waals surface area (Å²) in [5, 5.41) is 2.81. The van der Waals surface area contributed by atoms with E-state index in [2.05, 4.69) is 33.0 Å². The zero-order chi connectivity index (χ0) is 28.4. The number of hydrogen-bond acceptors (Lipinski definition) is 6. The van der Waals surface area contributed by atoms with Crippen molar-refractivity contribution >= 4 is 17.7 Å². The summed E-state index contributed by atoms with van der Waals surface area (Å²) < 4.78 is 11.6. The fourth-order valence-electron chi connectivity index (χ4n) is 5.88. The van der Waals surface area contributed by atoms with E-state index in [-0.39, 0.29) is 66.8 Å². The van der Waals surface area contributed by atoms with Gasteiger partial charge in [-0.2, -0.15) is 0 Å². The monoisotopic (exact) mass is 526 g/mol. The van der Waals surface area contributed by atoms with Gasteiger partial charge in [0.25, 0.3) is 0 Å². The number of carbonyl (C=O) groups excluding carboxylic acids is 3. The molecule has 0 aliphatic carbocycles. The first-order valence-electron chi connectivity index (χ1n) is 13.9. The van der Waals surface area contributed by atoms with Crippen LogP contribution in [0.5, 0.6) is 0 Å². The van der Waals surface area contributed by atoms with E-state index in [1.807, 2.05) is 37.7 Å². The lowest BCUT2D eigenvalue weighted by Gasteiger charge is -2.39. The van der Waals surface area contributed by atoms with E-state index in [0.717, 1.165) is 19.3 Å². The third kappa shape index (κ3) is 8.93. The molecule has 1 N–H and O–H groups in total. The van der Waals surface area contributed by atoms with Crippen LogP contribution in [-0.2, 0) is 23.9 Å². The summed E-state index contributed by atoms with van der Waals surface area (Å²) in [5.74, 6) is 0.180. The molecule has 0 bridgehead atoms. The van der Waals surface area contributed by atoms with E-state index in [1.165, 1.54) is 0 Å². The van der Waals surface area contributed by atoms with Crippen LogP contribution < -0.4 is 5.32 Å². The van der Waals surface area contributed by atoms with Crippen LogP contribution in [0.2, 0.25) is 0 Å². The Balaban J connectivity index is 3.00. The minimum absolute atomic E-state index is 0.0116. The van der Waals surface area contributed by atoms with Gasteiger partial charge in [0.05, 0.1) is 43.3 Å². The van der Waals surface area contributed by atoms with E-state index in [1.54, 1.807) is 26.2 Å². The number of hydrogen-bond donors (Lipinski definition) is 1. The standard InChI is InChI=1S/C28H54N4O5/c1-12-20(6)26(31(9)24(34)17-29-28(35)25(18(2)3)30(7)8)22(36-10)16-23(33)32-15-13-14-21(32)27(37-11)19(4)5/h18-22,25-27H,12-17H2,1-11H3,(H,29,35). The van der Waals surface area contributed by atoms with Gasteiger partial charge in [-0.1, -0.05) is 48.0 Å². The molecule has 0 spiro atoms. The van der Waals surface area contributed by atoms with Crippen LogP contribution in [0, 0.1) is 17.8 Å². The number of rotatable bonds is 15. The minimum Gasteiger partial charge on any atom is -0.379 e. The molecule has 0 aromatic rings. The first-order chi connectivity index (χ1) is 17.3. The average molecular weight is 527 g/mol. The van der Waals surface area contributed by atoms with Gasteiger partial charge in [0.2, 0.25) is 17.7 Å². The third-order valence-electron chi connectivity index (χ3n) is 7.93. The summed E-state index contributed by atoms with van der Waals surface area (Å²) in [6.45, 7) is 13.0. The number of ether oxygens (including phenoxy) is 2. The van der Waals surface area contributed by atoms with Gasteiger partial charge >= 0.3 is 0 Å². The second kappa shape index (κ2) is 15.6. The molecule has 37 heavy (non-hydrogen) atoms. The van der Waals surface area contributed by atoms with Gasteiger partial charge in [-0.3, -0.25) is 19.3 Å². The van der Waals surface area contributed by atoms with Crippen molar-refractivity contribution in [2.75, 3.05) is 48.5 Å². The van der Waals surface area contributed by atoms with Crippen molar-refractivity contribution in [3.63, 3.8) is 0 Å². The van der Waals surface area contributed by atoms with Crippen molar-refractivity contribution in [3.8, 4) is 0 Å². The quantitative estimate of drug-likeness (QED) is 0.353. The number of amides is 3. The van der Waals surface area contributed by atoms with Gasteiger partial charge in [-0.05, 0) is 44.7 Å². The van der Waals surface area contributed by atoms with E-state index in [0.29, 0.717) is 12.5 Å². The maximum Gasteiger partial charge on any atom is 0.242 e. The molecule has 1 rings (SSSR count). The zero-order valence-electron chi connectivity index (χ0n) is 25.2. The number of nitrogens with one attached hydrogen (secondary N) is 1. The first-order valence-corrected chi connectivity index (χ1v) is 13.9. The van der Waals surface area contributed by atoms with Crippen molar-refractivity contribution in [2.24, 2.45) is 17.8 Å². The molecule has 1 saturated heterocycles. The Morgan fingerprint density at radius 1 is 1.00 bits per heavy atom. The van der Waals surface area contributed by atoms with Crippen LogP contribution >= 0.6 is 0 Å². The van der Waals surface area contributed by atoms with Crippen LogP contribution in [-0.4, -0.2) is 111 Å². The maximum absolute atomic E-state index is 13.5. The van der Waals surface area contributed by atoms with E-state index in [4.69, 9.17) is 9.47 Å². The molecule has 1 fully saturated rings. The third-order valence-corrected chi connectivity index (χ3v) is 7.93. The molecule has 1 heterocycles. The molecule has 0 aromatic carbocycles. The van der Waals surface area contributed by atoms with Gasteiger partial charge in [0.15, 0.2) is 0 Å². The Bertz CT molecular complexity index is 721. The Labute approximate surface area is 225 Å². The smallest absolute Gasteiger partial charge is 0.242 e. The van der Waals surface area contributed by atoms with E-state index >= 15 is 0 Å². The predicted octanol–water partition coefficient (Wildman–Crippen LogP) is 2.63. The van der Waals surface area contributed by atoms with Crippen molar-refractivity contribution < 1.29 is 23.9 Å². The molecule has 6 atom stereocenters. The number of likely N-dealkylation sites (N-methyl/N-ethyl adjacent to an activating group) is 2. The lowest BCUT2D eigenvalue weighted by molar-refractivity contribution is -0.144. The summed E-state index contributed by atoms with van der Waals surface area (Å²) in [5.41, 5.74) is 0. The van der Waals surface area contributed by atoms with Crippen LogP contribution in [0.3, 0.4) is 0 Å². The molecule has 216 valence electrons. The maximum atomic E-state index is 13.5. The van der Waals surface area contributed by atoms with Crippen molar-refractivity contribution in [2.45, 2.75) is 97.6 Å². The van der Waals surface area contributed by atoms with Gasteiger partial charge in [-0.15, -0.1) is 0 Å². The molecular weight excluding hydrogens is 472 g/mol. The summed E-state index contributed by atoms with van der Waals surface area (Å²) in [6.07, 6.45) is 2.43. The van der Waals surface area contributed by atoms with Gasteiger partial charge in [0.1, 0.15) is 0 Å². The lowest BCUT2D eigenvalue weighted by Crippen LogP contribution is -2.55. The first kappa shape index (κ1) is 33.3. The van der Waals surface area contributed by atoms with Gasteiger partial charge in [0, 0.05) is 27.8 Å². The molecule has 1 aliphatic heterocycles. The van der Waals surface area contributed by atoms with Gasteiger partial charge < -0.3 is 24.6 Å². The van der Waals surface area contributed by atoms with Crippen LogP contribution in [0.4, 0.5) is 0 Å². The second-order valence-corrected chi connectivity index (χ2v) is 11.5. The molecule has 0 aromatic heterocycles. The van der Waals surface area contributed by atoms with E-state index < -0.39 is 6.10 Å². The molecule has 6 unspecified atom stereocenters.